The summed E-state index contributed by atoms with van der Waals surface area (Å²) in [5.41, 5.74) is 1.46. The quantitative estimate of drug-likeness (QED) is 0.679. The van der Waals surface area contributed by atoms with Gasteiger partial charge in [-0.2, -0.15) is 0 Å². The molecule has 0 spiro atoms. The lowest BCUT2D eigenvalue weighted by atomic mass is 9.93. The molecule has 1 fully saturated rings. The Morgan fingerprint density at radius 3 is 2.58 bits per heavy atom. The molecule has 0 aliphatic heterocycles. The molecule has 1 unspecified atom stereocenters. The summed E-state index contributed by atoms with van der Waals surface area (Å²) in [6, 6.07) is 7.04. The van der Waals surface area contributed by atoms with E-state index in [1.807, 2.05) is 18.2 Å². The minimum Gasteiger partial charge on any atom is -0.301 e. The third-order valence-electron chi connectivity index (χ3n) is 4.43. The normalized spacial score (nSPS) is 16.5. The average molecular weight is 383 g/mol. The molecule has 3 nitrogen and oxygen atoms in total. The molecule has 0 radical (unpaired) electrons. The first-order valence-electron chi connectivity index (χ1n) is 8.30. The van der Waals surface area contributed by atoms with Gasteiger partial charge >= 0.3 is 0 Å². The highest BCUT2D eigenvalue weighted by Crippen LogP contribution is 2.38. The van der Waals surface area contributed by atoms with Crippen LogP contribution in [0, 0.1) is 0 Å². The summed E-state index contributed by atoms with van der Waals surface area (Å²) < 4.78 is 0. The maximum Gasteiger partial charge on any atom is 0.251 e. The van der Waals surface area contributed by atoms with Crippen molar-refractivity contribution in [1.82, 2.24) is 9.97 Å². The number of thioether (sulfide) groups is 1. The molecule has 0 amide bonds. The lowest BCUT2D eigenvalue weighted by Crippen LogP contribution is -2.14. The Labute approximate surface area is 156 Å². The Morgan fingerprint density at radius 1 is 1.29 bits per heavy atom. The molecule has 128 valence electrons. The number of aromatic nitrogens is 2. The van der Waals surface area contributed by atoms with Crippen LogP contribution in [0.5, 0.6) is 0 Å². The molecule has 1 aliphatic rings. The highest BCUT2D eigenvalue weighted by Gasteiger charge is 2.22. The lowest BCUT2D eigenvalue weighted by molar-refractivity contribution is 0.719. The molecule has 1 aromatic carbocycles. The van der Waals surface area contributed by atoms with Crippen LogP contribution in [-0.2, 0) is 0 Å². The Kier molecular flexibility index (Phi) is 5.90. The number of nitrogens with one attached hydrogen (secondary N) is 1. The SMILES string of the molecule is CCC(c1cc(=O)[nH]c(SC2CCCC2)n1)c1c(Cl)cccc1Cl. The van der Waals surface area contributed by atoms with Crippen molar-refractivity contribution in [3.05, 3.63) is 55.9 Å². The Morgan fingerprint density at radius 2 is 1.96 bits per heavy atom. The van der Waals surface area contributed by atoms with Crippen LogP contribution in [0.1, 0.15) is 56.2 Å². The number of hydrogen-bond acceptors (Lipinski definition) is 3. The molecular formula is C18H20Cl2N2OS. The van der Waals surface area contributed by atoms with E-state index in [0.717, 1.165) is 17.7 Å². The highest BCUT2D eigenvalue weighted by molar-refractivity contribution is 7.99. The van der Waals surface area contributed by atoms with Gasteiger partial charge in [0.1, 0.15) is 0 Å². The lowest BCUT2D eigenvalue weighted by Gasteiger charge is -2.18. The van der Waals surface area contributed by atoms with Crippen molar-refractivity contribution >= 4 is 35.0 Å². The molecule has 1 saturated carbocycles. The number of nitrogens with zero attached hydrogens (tertiary/aromatic N) is 1. The van der Waals surface area contributed by atoms with Gasteiger partial charge in [0.25, 0.3) is 5.56 Å². The summed E-state index contributed by atoms with van der Waals surface area (Å²) in [4.78, 5) is 19.7. The molecule has 1 aromatic heterocycles. The number of rotatable bonds is 5. The fraction of sp³-hybridized carbons (Fsp3) is 0.444. The first-order chi connectivity index (χ1) is 11.6. The van der Waals surface area contributed by atoms with Crippen LogP contribution in [0.15, 0.2) is 34.2 Å². The van der Waals surface area contributed by atoms with Crippen LogP contribution < -0.4 is 5.56 Å². The van der Waals surface area contributed by atoms with E-state index in [2.05, 4.69) is 11.9 Å². The molecule has 0 bridgehead atoms. The first kappa shape index (κ1) is 17.8. The zero-order valence-corrected chi connectivity index (χ0v) is 15.8. The molecule has 1 atom stereocenters. The van der Waals surface area contributed by atoms with Crippen LogP contribution in [0.4, 0.5) is 0 Å². The van der Waals surface area contributed by atoms with Crippen molar-refractivity contribution in [2.45, 2.75) is 55.4 Å². The van der Waals surface area contributed by atoms with Gasteiger partial charge in [0.15, 0.2) is 5.16 Å². The average Bonchev–Trinajstić information content (AvgIpc) is 3.03. The van der Waals surface area contributed by atoms with E-state index in [1.165, 1.54) is 25.7 Å². The van der Waals surface area contributed by atoms with E-state index in [-0.39, 0.29) is 11.5 Å². The first-order valence-corrected chi connectivity index (χ1v) is 9.94. The second-order valence-electron chi connectivity index (χ2n) is 6.10. The van der Waals surface area contributed by atoms with Crippen molar-refractivity contribution in [2.24, 2.45) is 0 Å². The van der Waals surface area contributed by atoms with Crippen LogP contribution in [0.25, 0.3) is 0 Å². The molecule has 0 saturated heterocycles. The van der Waals surface area contributed by atoms with Crippen LogP contribution >= 0.6 is 35.0 Å². The standard InChI is InChI=1S/C18H20Cl2N2OS/c1-2-12(17-13(19)8-5-9-14(17)20)15-10-16(23)22-18(21-15)24-11-6-3-4-7-11/h5,8-12H,2-4,6-7H2,1H3,(H,21,22,23). The third-order valence-corrected chi connectivity index (χ3v) is 6.31. The maximum atomic E-state index is 12.1. The summed E-state index contributed by atoms with van der Waals surface area (Å²) in [7, 11) is 0. The van der Waals surface area contributed by atoms with Crippen LogP contribution in [0.2, 0.25) is 10.0 Å². The summed E-state index contributed by atoms with van der Waals surface area (Å²) in [5.74, 6) is -0.0866. The molecular weight excluding hydrogens is 363 g/mol. The Hall–Kier alpha value is -0.970. The number of halogens is 2. The topological polar surface area (TPSA) is 45.8 Å². The Bertz CT molecular complexity index is 752. The molecule has 2 aromatic rings. The van der Waals surface area contributed by atoms with Gasteiger partial charge < -0.3 is 4.98 Å². The van der Waals surface area contributed by atoms with Crippen molar-refractivity contribution in [2.75, 3.05) is 0 Å². The summed E-state index contributed by atoms with van der Waals surface area (Å²) in [6.45, 7) is 2.05. The molecule has 1 N–H and O–H groups in total. The van der Waals surface area contributed by atoms with E-state index in [4.69, 9.17) is 28.2 Å². The number of benzene rings is 1. The zero-order chi connectivity index (χ0) is 17.1. The minimum absolute atomic E-state index is 0.0866. The Balaban J connectivity index is 1.97. The molecule has 6 heteroatoms. The number of aromatic amines is 1. The van der Waals surface area contributed by atoms with Gasteiger partial charge in [-0.1, -0.05) is 60.8 Å². The van der Waals surface area contributed by atoms with Crippen molar-refractivity contribution in [1.29, 1.82) is 0 Å². The van der Waals surface area contributed by atoms with Crippen LogP contribution in [0.3, 0.4) is 0 Å². The monoisotopic (exact) mass is 382 g/mol. The summed E-state index contributed by atoms with van der Waals surface area (Å²) in [6.07, 6.45) is 5.66. The molecule has 1 aliphatic carbocycles. The van der Waals surface area contributed by atoms with E-state index >= 15 is 0 Å². The van der Waals surface area contributed by atoms with Gasteiger partial charge in [-0.15, -0.1) is 0 Å². The van der Waals surface area contributed by atoms with Crippen molar-refractivity contribution in [3.8, 4) is 0 Å². The van der Waals surface area contributed by atoms with Gasteiger partial charge in [-0.3, -0.25) is 4.79 Å². The van der Waals surface area contributed by atoms with E-state index < -0.39 is 0 Å². The fourth-order valence-electron chi connectivity index (χ4n) is 3.26. The van der Waals surface area contributed by atoms with Crippen molar-refractivity contribution < 1.29 is 0 Å². The molecule has 1 heterocycles. The number of hydrogen-bond donors (Lipinski definition) is 1. The van der Waals surface area contributed by atoms with E-state index in [0.29, 0.717) is 20.5 Å². The van der Waals surface area contributed by atoms with Gasteiger partial charge in [-0.25, -0.2) is 4.98 Å². The highest BCUT2D eigenvalue weighted by atomic mass is 35.5. The minimum atomic E-state index is -0.123. The zero-order valence-electron chi connectivity index (χ0n) is 13.5. The van der Waals surface area contributed by atoms with E-state index in [9.17, 15) is 4.79 Å². The number of H-pyrrole nitrogens is 1. The molecule has 24 heavy (non-hydrogen) atoms. The predicted octanol–water partition coefficient (Wildman–Crippen LogP) is 5.65. The predicted molar refractivity (Wildman–Crippen MR) is 102 cm³/mol. The van der Waals surface area contributed by atoms with Crippen LogP contribution in [-0.4, -0.2) is 15.2 Å². The van der Waals surface area contributed by atoms with Gasteiger partial charge in [0.2, 0.25) is 0 Å². The largest absolute Gasteiger partial charge is 0.301 e. The fourth-order valence-corrected chi connectivity index (χ4v) is 5.12. The smallest absolute Gasteiger partial charge is 0.251 e. The second kappa shape index (κ2) is 7.94. The van der Waals surface area contributed by atoms with Gasteiger partial charge in [-0.05, 0) is 37.0 Å². The second-order valence-corrected chi connectivity index (χ2v) is 8.20. The van der Waals surface area contributed by atoms with E-state index in [1.54, 1.807) is 17.8 Å². The summed E-state index contributed by atoms with van der Waals surface area (Å²) >= 11 is 14.4. The molecule has 3 rings (SSSR count). The van der Waals surface area contributed by atoms with Crippen molar-refractivity contribution in [3.63, 3.8) is 0 Å². The summed E-state index contributed by atoms with van der Waals surface area (Å²) in [5, 5.41) is 2.47. The van der Waals surface area contributed by atoms with Gasteiger partial charge in [0.05, 0.1) is 5.69 Å². The third kappa shape index (κ3) is 3.98. The van der Waals surface area contributed by atoms with Gasteiger partial charge in [0, 0.05) is 27.3 Å². The maximum absolute atomic E-state index is 12.1.